The number of para-hydroxylation sites is 1. The van der Waals surface area contributed by atoms with Crippen LogP contribution in [0.3, 0.4) is 0 Å². The summed E-state index contributed by atoms with van der Waals surface area (Å²) in [4.78, 5) is 65.7. The average Bonchev–Trinajstić information content (AvgIpc) is 3.33. The van der Waals surface area contributed by atoms with Crippen molar-refractivity contribution in [1.82, 2.24) is 20.9 Å². The van der Waals surface area contributed by atoms with Gasteiger partial charge in [0.2, 0.25) is 23.6 Å². The van der Waals surface area contributed by atoms with E-state index in [9.17, 15) is 29.1 Å². The second-order valence-corrected chi connectivity index (χ2v) is 10.2. The predicted octanol–water partition coefficient (Wildman–Crippen LogP) is 0.351. The van der Waals surface area contributed by atoms with Crippen LogP contribution >= 0.6 is 0 Å². The maximum absolute atomic E-state index is 13.5. The molecule has 0 saturated heterocycles. The second kappa shape index (κ2) is 14.1. The number of hydrogen-bond donors (Lipinski definition) is 7. The number of benzene rings is 2. The van der Waals surface area contributed by atoms with E-state index in [2.05, 4.69) is 20.9 Å². The van der Waals surface area contributed by atoms with Gasteiger partial charge in [-0.05, 0) is 23.1 Å². The summed E-state index contributed by atoms with van der Waals surface area (Å²) < 4.78 is 0. The Morgan fingerprint density at radius 1 is 0.829 bits per heavy atom. The van der Waals surface area contributed by atoms with E-state index in [1.807, 2.05) is 24.3 Å². The zero-order valence-corrected chi connectivity index (χ0v) is 22.9. The van der Waals surface area contributed by atoms with Crippen molar-refractivity contribution in [1.29, 1.82) is 0 Å². The van der Waals surface area contributed by atoms with Gasteiger partial charge in [-0.15, -0.1) is 0 Å². The molecule has 2 aromatic carbocycles. The molecule has 12 nitrogen and oxygen atoms in total. The number of nitrogens with two attached hydrogens (primary N) is 2. The smallest absolute Gasteiger partial charge is 0.326 e. The second-order valence-electron chi connectivity index (χ2n) is 10.2. The molecule has 0 aliphatic heterocycles. The fraction of sp³-hybridized carbons (Fsp3) is 0.345. The molecule has 4 unspecified atom stereocenters. The first-order valence-corrected chi connectivity index (χ1v) is 13.2. The first kappa shape index (κ1) is 30.8. The zero-order chi connectivity index (χ0) is 30.1. The molecular weight excluding hydrogens is 528 g/mol. The lowest BCUT2D eigenvalue weighted by Crippen LogP contribution is -2.59. The largest absolute Gasteiger partial charge is 0.480 e. The number of primary amides is 1. The summed E-state index contributed by atoms with van der Waals surface area (Å²) in [5.41, 5.74) is 13.1. The molecule has 1 aromatic heterocycles. The number of carboxylic acid groups (broad SMARTS) is 1. The number of rotatable bonds is 14. The van der Waals surface area contributed by atoms with Gasteiger partial charge in [0.25, 0.3) is 0 Å². The van der Waals surface area contributed by atoms with E-state index in [1.54, 1.807) is 50.4 Å². The van der Waals surface area contributed by atoms with Crippen molar-refractivity contribution in [3.05, 3.63) is 71.9 Å². The SMILES string of the molecule is CC(C)C(NC(=O)C(N)CC(N)=O)C(=O)NC(Cc1ccccc1)C(=O)NC(Cc1c[nH]c2ccccc12)C(=O)O. The van der Waals surface area contributed by atoms with Crippen LogP contribution in [0.2, 0.25) is 0 Å². The third-order valence-corrected chi connectivity index (χ3v) is 6.63. The Balaban J connectivity index is 1.80. The van der Waals surface area contributed by atoms with Crippen molar-refractivity contribution < 1.29 is 29.1 Å². The molecule has 0 fully saturated rings. The molecule has 4 atom stereocenters. The highest BCUT2D eigenvalue weighted by Crippen LogP contribution is 2.19. The number of carbonyl (C=O) groups excluding carboxylic acids is 4. The summed E-state index contributed by atoms with van der Waals surface area (Å²) >= 11 is 0. The standard InChI is InChI=1S/C29H36N6O6/c1-16(2)25(35-26(37)20(30)14-24(31)36)28(39)33-22(12-17-8-4-3-5-9-17)27(38)34-23(29(40)41)13-18-15-32-21-11-7-6-10-19(18)21/h3-11,15-16,20,22-23,25,32H,12-14,30H2,1-2H3,(H2,31,36)(H,33,39)(H,34,38)(H,35,37)(H,40,41). The fourth-order valence-corrected chi connectivity index (χ4v) is 4.42. The molecule has 41 heavy (non-hydrogen) atoms. The maximum atomic E-state index is 13.5. The number of carboxylic acids is 1. The molecular formula is C29H36N6O6. The monoisotopic (exact) mass is 564 g/mol. The number of nitrogens with one attached hydrogen (secondary N) is 4. The summed E-state index contributed by atoms with van der Waals surface area (Å²) in [6.45, 7) is 3.39. The highest BCUT2D eigenvalue weighted by molar-refractivity contribution is 5.95. The lowest BCUT2D eigenvalue weighted by Gasteiger charge is -2.27. The zero-order valence-electron chi connectivity index (χ0n) is 22.9. The van der Waals surface area contributed by atoms with Crippen molar-refractivity contribution in [2.24, 2.45) is 17.4 Å². The number of aromatic nitrogens is 1. The minimum absolute atomic E-state index is 0.0134. The number of aliphatic carboxylic acids is 1. The Kier molecular flexibility index (Phi) is 10.6. The molecule has 4 amide bonds. The maximum Gasteiger partial charge on any atom is 0.326 e. The number of aromatic amines is 1. The Bertz CT molecular complexity index is 1390. The Labute approximate surface area is 237 Å². The van der Waals surface area contributed by atoms with E-state index >= 15 is 0 Å². The normalized spacial score (nSPS) is 14.0. The van der Waals surface area contributed by atoms with Crippen LogP contribution in [-0.4, -0.2) is 63.9 Å². The Morgan fingerprint density at radius 3 is 2.10 bits per heavy atom. The van der Waals surface area contributed by atoms with Crippen LogP contribution in [-0.2, 0) is 36.8 Å². The van der Waals surface area contributed by atoms with Gasteiger partial charge in [-0.3, -0.25) is 19.2 Å². The highest BCUT2D eigenvalue weighted by Gasteiger charge is 2.32. The molecule has 0 spiro atoms. The first-order chi connectivity index (χ1) is 19.5. The molecule has 3 rings (SSSR count). The van der Waals surface area contributed by atoms with Crippen LogP contribution in [0.4, 0.5) is 0 Å². The van der Waals surface area contributed by atoms with E-state index in [-0.39, 0.29) is 12.8 Å². The van der Waals surface area contributed by atoms with Gasteiger partial charge in [0, 0.05) is 29.9 Å². The first-order valence-electron chi connectivity index (χ1n) is 13.2. The summed E-state index contributed by atoms with van der Waals surface area (Å²) in [6, 6.07) is 11.6. The Morgan fingerprint density at radius 2 is 1.46 bits per heavy atom. The summed E-state index contributed by atoms with van der Waals surface area (Å²) in [5.74, 6) is -4.52. The lowest BCUT2D eigenvalue weighted by atomic mass is 9.99. The molecule has 9 N–H and O–H groups in total. The molecule has 0 aliphatic rings. The fourth-order valence-electron chi connectivity index (χ4n) is 4.42. The van der Waals surface area contributed by atoms with Crippen molar-refractivity contribution in [3.8, 4) is 0 Å². The van der Waals surface area contributed by atoms with Crippen molar-refractivity contribution >= 4 is 40.5 Å². The van der Waals surface area contributed by atoms with Gasteiger partial charge in [-0.25, -0.2) is 4.79 Å². The van der Waals surface area contributed by atoms with Crippen LogP contribution in [0.25, 0.3) is 10.9 Å². The van der Waals surface area contributed by atoms with Crippen LogP contribution < -0.4 is 27.4 Å². The van der Waals surface area contributed by atoms with E-state index in [0.717, 1.165) is 16.5 Å². The quantitative estimate of drug-likeness (QED) is 0.146. The van der Waals surface area contributed by atoms with Gasteiger partial charge < -0.3 is 37.5 Å². The minimum atomic E-state index is -1.27. The number of hydrogen-bond acceptors (Lipinski definition) is 6. The molecule has 12 heteroatoms. The van der Waals surface area contributed by atoms with Crippen LogP contribution in [0.15, 0.2) is 60.8 Å². The number of amides is 4. The summed E-state index contributed by atoms with van der Waals surface area (Å²) in [6.07, 6.45) is 1.39. The summed E-state index contributed by atoms with van der Waals surface area (Å²) in [7, 11) is 0. The third kappa shape index (κ3) is 8.64. The van der Waals surface area contributed by atoms with Crippen LogP contribution in [0.1, 0.15) is 31.4 Å². The number of carbonyl (C=O) groups is 5. The van der Waals surface area contributed by atoms with Gasteiger partial charge in [0.15, 0.2) is 0 Å². The molecule has 218 valence electrons. The topological polar surface area (TPSA) is 209 Å². The van der Waals surface area contributed by atoms with Crippen LogP contribution in [0.5, 0.6) is 0 Å². The Hall–Kier alpha value is -4.71. The van der Waals surface area contributed by atoms with Gasteiger partial charge in [0.1, 0.15) is 18.1 Å². The van der Waals surface area contributed by atoms with Crippen molar-refractivity contribution in [2.45, 2.75) is 57.3 Å². The van der Waals surface area contributed by atoms with Gasteiger partial charge in [0.05, 0.1) is 12.5 Å². The summed E-state index contributed by atoms with van der Waals surface area (Å²) in [5, 5.41) is 18.5. The molecule has 1 heterocycles. The van der Waals surface area contributed by atoms with E-state index in [0.29, 0.717) is 5.56 Å². The molecule has 0 saturated carbocycles. The van der Waals surface area contributed by atoms with Gasteiger partial charge in [-0.2, -0.15) is 0 Å². The van der Waals surface area contributed by atoms with Gasteiger partial charge in [-0.1, -0.05) is 62.4 Å². The predicted molar refractivity (Wildman–Crippen MR) is 152 cm³/mol. The highest BCUT2D eigenvalue weighted by atomic mass is 16.4. The molecule has 0 radical (unpaired) electrons. The third-order valence-electron chi connectivity index (χ3n) is 6.63. The minimum Gasteiger partial charge on any atom is -0.480 e. The van der Waals surface area contributed by atoms with E-state index in [1.165, 1.54) is 0 Å². The lowest BCUT2D eigenvalue weighted by molar-refractivity contribution is -0.142. The van der Waals surface area contributed by atoms with Crippen LogP contribution in [0, 0.1) is 5.92 Å². The molecule has 0 bridgehead atoms. The van der Waals surface area contributed by atoms with E-state index in [4.69, 9.17) is 11.5 Å². The molecule has 0 aliphatic carbocycles. The number of fused-ring (bicyclic) bond motifs is 1. The molecule has 3 aromatic rings. The van der Waals surface area contributed by atoms with Gasteiger partial charge >= 0.3 is 5.97 Å². The van der Waals surface area contributed by atoms with Crippen molar-refractivity contribution in [3.63, 3.8) is 0 Å². The average molecular weight is 565 g/mol. The van der Waals surface area contributed by atoms with E-state index < -0.39 is 66.1 Å². The van der Waals surface area contributed by atoms with Crippen molar-refractivity contribution in [2.75, 3.05) is 0 Å². The number of H-pyrrole nitrogens is 1.